The molecule has 4 heterocycles. The van der Waals surface area contributed by atoms with Gasteiger partial charge >= 0.3 is 0 Å². The number of hydroxylamine groups is 2. The van der Waals surface area contributed by atoms with E-state index in [2.05, 4.69) is 26.0 Å². The van der Waals surface area contributed by atoms with Crippen LogP contribution in [0, 0.1) is 5.41 Å². The van der Waals surface area contributed by atoms with Crippen molar-refractivity contribution in [1.82, 2.24) is 29.5 Å². The van der Waals surface area contributed by atoms with Gasteiger partial charge in [0.15, 0.2) is 5.65 Å². The first-order valence-electron chi connectivity index (χ1n) is 12.0. The monoisotopic (exact) mass is 498 g/mol. The predicted octanol–water partition coefficient (Wildman–Crippen LogP) is 1.62. The Morgan fingerprint density at radius 3 is 2.72 bits per heavy atom. The Morgan fingerprint density at radius 1 is 1.31 bits per heavy atom. The highest BCUT2D eigenvalue weighted by atomic mass is 16.7. The van der Waals surface area contributed by atoms with Crippen molar-refractivity contribution in [3.63, 3.8) is 0 Å². The van der Waals surface area contributed by atoms with E-state index in [1.807, 2.05) is 31.2 Å². The molecule has 0 unspecified atom stereocenters. The molecule has 0 aromatic carbocycles. The van der Waals surface area contributed by atoms with Crippen LogP contribution in [0.5, 0.6) is 0 Å². The molecule has 12 nitrogen and oxygen atoms in total. The van der Waals surface area contributed by atoms with E-state index in [0.29, 0.717) is 35.1 Å². The van der Waals surface area contributed by atoms with Crippen molar-refractivity contribution in [2.45, 2.75) is 32.7 Å². The van der Waals surface area contributed by atoms with Gasteiger partial charge in [0.25, 0.3) is 11.5 Å². The van der Waals surface area contributed by atoms with Gasteiger partial charge in [-0.15, -0.1) is 0 Å². The van der Waals surface area contributed by atoms with Gasteiger partial charge in [-0.2, -0.15) is 14.7 Å². The Hall–Kier alpha value is -3.48. The maximum absolute atomic E-state index is 13.3. The second-order valence-corrected chi connectivity index (χ2v) is 9.68. The van der Waals surface area contributed by atoms with Crippen LogP contribution < -0.4 is 21.5 Å². The van der Waals surface area contributed by atoms with E-state index in [1.165, 1.54) is 10.7 Å². The van der Waals surface area contributed by atoms with Gasteiger partial charge in [-0.1, -0.05) is 13.8 Å². The molecule has 1 aliphatic rings. The van der Waals surface area contributed by atoms with Crippen LogP contribution in [-0.2, 0) is 4.84 Å². The number of hydrogen-bond donors (Lipinski definition) is 4. The fourth-order valence-corrected chi connectivity index (χ4v) is 4.17. The van der Waals surface area contributed by atoms with E-state index in [4.69, 9.17) is 4.84 Å². The van der Waals surface area contributed by atoms with Crippen molar-refractivity contribution < 1.29 is 14.7 Å². The number of fused-ring (bicyclic) bond motifs is 1. The number of carbonyl (C=O) groups is 1. The van der Waals surface area contributed by atoms with Crippen molar-refractivity contribution in [2.24, 2.45) is 5.41 Å². The third-order valence-corrected chi connectivity index (χ3v) is 6.44. The zero-order valence-electron chi connectivity index (χ0n) is 21.1. The topological polar surface area (TPSA) is 138 Å². The molecule has 3 aromatic rings. The summed E-state index contributed by atoms with van der Waals surface area (Å²) in [7, 11) is 3.40. The average Bonchev–Trinajstić information content (AvgIpc) is 3.32. The summed E-state index contributed by atoms with van der Waals surface area (Å²) in [5.74, 6) is 0.657. The highest BCUT2D eigenvalue weighted by molar-refractivity contribution is 6.00. The minimum absolute atomic E-state index is 0.0572. The molecule has 0 radical (unpaired) electrons. The molecule has 12 heteroatoms. The molecule has 4 rings (SSSR count). The van der Waals surface area contributed by atoms with Crippen molar-refractivity contribution in [1.29, 1.82) is 0 Å². The standard InChI is InChI=1S/C24H34N8O4/c1-24(2,15-33)14-26-22(34)17-13-27-32-20(25-3)12-19(29-21(17)32)28-18-6-5-9-31(23(18)35)16-7-10-30(36-4)11-8-16/h5-6,9,12-13,16,25,33H,7-8,10-11,14-15H2,1-4H3,(H,26,34)(H,28,29). The number of rotatable bonds is 9. The van der Waals surface area contributed by atoms with Crippen molar-refractivity contribution >= 4 is 28.9 Å². The minimum Gasteiger partial charge on any atom is -0.396 e. The second-order valence-electron chi connectivity index (χ2n) is 9.68. The SMILES string of the molecule is CNc1cc(Nc2cccn(C3CCN(OC)CC3)c2=O)nc2c(C(=O)NCC(C)(C)CO)cnn12. The Morgan fingerprint density at radius 2 is 2.06 bits per heavy atom. The summed E-state index contributed by atoms with van der Waals surface area (Å²) < 4.78 is 3.29. The number of carbonyl (C=O) groups excluding carboxylic acids is 1. The lowest BCUT2D eigenvalue weighted by Gasteiger charge is -2.31. The predicted molar refractivity (Wildman–Crippen MR) is 137 cm³/mol. The smallest absolute Gasteiger partial charge is 0.274 e. The molecule has 0 spiro atoms. The Balaban J connectivity index is 1.61. The number of aliphatic hydroxyl groups excluding tert-OH is 1. The van der Waals surface area contributed by atoms with Crippen LogP contribution in [0.15, 0.2) is 35.4 Å². The van der Waals surface area contributed by atoms with Gasteiger partial charge in [0.05, 0.1) is 13.3 Å². The average molecular weight is 499 g/mol. The van der Waals surface area contributed by atoms with Crippen LogP contribution in [-0.4, -0.2) is 75.6 Å². The first kappa shape index (κ1) is 25.6. The molecule has 1 amide bonds. The van der Waals surface area contributed by atoms with Crippen molar-refractivity contribution in [3.05, 3.63) is 46.5 Å². The van der Waals surface area contributed by atoms with Crippen LogP contribution in [0.2, 0.25) is 0 Å². The third-order valence-electron chi connectivity index (χ3n) is 6.44. The van der Waals surface area contributed by atoms with Crippen LogP contribution >= 0.6 is 0 Å². The summed E-state index contributed by atoms with van der Waals surface area (Å²) in [5, 5.41) is 24.7. The summed E-state index contributed by atoms with van der Waals surface area (Å²) in [4.78, 5) is 36.1. The fraction of sp³-hybridized carbons (Fsp3) is 0.500. The normalized spacial score (nSPS) is 15.2. The van der Waals surface area contributed by atoms with E-state index >= 15 is 0 Å². The maximum atomic E-state index is 13.3. The molecule has 0 bridgehead atoms. The van der Waals surface area contributed by atoms with E-state index in [9.17, 15) is 14.7 Å². The van der Waals surface area contributed by atoms with E-state index in [1.54, 1.807) is 30.9 Å². The van der Waals surface area contributed by atoms with Crippen LogP contribution in [0.4, 0.5) is 17.3 Å². The van der Waals surface area contributed by atoms with Crippen LogP contribution in [0.25, 0.3) is 5.65 Å². The molecule has 0 aliphatic carbocycles. The number of aliphatic hydroxyl groups is 1. The highest BCUT2D eigenvalue weighted by Gasteiger charge is 2.23. The van der Waals surface area contributed by atoms with Crippen molar-refractivity contribution in [2.75, 3.05) is 51.0 Å². The summed E-state index contributed by atoms with van der Waals surface area (Å²) in [6.07, 6.45) is 4.89. The molecule has 36 heavy (non-hydrogen) atoms. The molecule has 1 fully saturated rings. The highest BCUT2D eigenvalue weighted by Crippen LogP contribution is 2.24. The van der Waals surface area contributed by atoms with Gasteiger partial charge < -0.3 is 30.5 Å². The van der Waals surface area contributed by atoms with Gasteiger partial charge in [-0.25, -0.2) is 4.98 Å². The molecular weight excluding hydrogens is 464 g/mol. The van der Waals surface area contributed by atoms with Crippen LogP contribution in [0.3, 0.4) is 0 Å². The molecule has 0 saturated carbocycles. The number of amides is 1. The number of piperidine rings is 1. The first-order chi connectivity index (χ1) is 17.3. The lowest BCUT2D eigenvalue weighted by Crippen LogP contribution is -2.37. The molecule has 1 aliphatic heterocycles. The number of pyridine rings is 1. The van der Waals surface area contributed by atoms with Gasteiger partial charge in [0, 0.05) is 57.0 Å². The number of nitrogens with one attached hydrogen (secondary N) is 3. The van der Waals surface area contributed by atoms with Crippen molar-refractivity contribution in [3.8, 4) is 0 Å². The zero-order valence-corrected chi connectivity index (χ0v) is 21.1. The Bertz CT molecular complexity index is 1280. The Labute approximate surface area is 209 Å². The summed E-state index contributed by atoms with van der Waals surface area (Å²) in [6.45, 7) is 5.47. The maximum Gasteiger partial charge on any atom is 0.274 e. The number of hydrogen-bond acceptors (Lipinski definition) is 9. The lowest BCUT2D eigenvalue weighted by molar-refractivity contribution is -0.146. The van der Waals surface area contributed by atoms with E-state index in [-0.39, 0.29) is 24.1 Å². The summed E-state index contributed by atoms with van der Waals surface area (Å²) in [6, 6.07) is 5.37. The number of anilines is 3. The molecule has 3 aromatic heterocycles. The molecular formula is C24H34N8O4. The summed E-state index contributed by atoms with van der Waals surface area (Å²) >= 11 is 0. The molecule has 4 N–H and O–H groups in total. The second kappa shape index (κ2) is 10.6. The number of nitrogens with zero attached hydrogens (tertiary/aromatic N) is 5. The molecule has 1 saturated heterocycles. The fourth-order valence-electron chi connectivity index (χ4n) is 4.17. The first-order valence-corrected chi connectivity index (χ1v) is 12.0. The van der Waals surface area contributed by atoms with Gasteiger partial charge in [-0.05, 0) is 25.0 Å². The zero-order chi connectivity index (χ0) is 25.9. The largest absolute Gasteiger partial charge is 0.396 e. The van der Waals surface area contributed by atoms with Gasteiger partial charge in [-0.3, -0.25) is 9.59 Å². The van der Waals surface area contributed by atoms with Gasteiger partial charge in [0.1, 0.15) is 22.9 Å². The van der Waals surface area contributed by atoms with E-state index < -0.39 is 5.41 Å². The lowest BCUT2D eigenvalue weighted by atomic mass is 9.95. The Kier molecular flexibility index (Phi) is 7.57. The van der Waals surface area contributed by atoms with Crippen LogP contribution in [0.1, 0.15) is 43.1 Å². The minimum atomic E-state index is -0.456. The summed E-state index contributed by atoms with van der Waals surface area (Å²) in [5.41, 5.74) is 0.424. The molecule has 194 valence electrons. The quantitative estimate of drug-likeness (QED) is 0.347. The molecule has 0 atom stereocenters. The number of aromatic nitrogens is 4. The van der Waals surface area contributed by atoms with Gasteiger partial charge in [0.2, 0.25) is 0 Å². The van der Waals surface area contributed by atoms with E-state index in [0.717, 1.165) is 25.9 Å². The third kappa shape index (κ3) is 5.35.